The third-order valence-corrected chi connectivity index (χ3v) is 4.37. The molecule has 4 N–H and O–H groups in total. The first-order chi connectivity index (χ1) is 14.3. The van der Waals surface area contributed by atoms with Gasteiger partial charge in [-0.05, 0) is 42.5 Å². The van der Waals surface area contributed by atoms with E-state index in [4.69, 9.17) is 14.3 Å². The Labute approximate surface area is 168 Å². The second-order valence-corrected chi connectivity index (χ2v) is 6.43. The fraction of sp³-hybridized carbons (Fsp3) is 0. The summed E-state index contributed by atoms with van der Waals surface area (Å²) in [7, 11) is 0. The van der Waals surface area contributed by atoms with Crippen molar-refractivity contribution in [2.24, 2.45) is 0 Å². The number of aromatic carboxylic acids is 1. The van der Waals surface area contributed by atoms with Crippen molar-refractivity contribution in [1.29, 1.82) is 0 Å². The van der Waals surface area contributed by atoms with Crippen LogP contribution in [-0.2, 0) is 0 Å². The number of carbonyl (C=O) groups is 1. The van der Waals surface area contributed by atoms with Gasteiger partial charge in [0.1, 0.15) is 34.0 Å². The van der Waals surface area contributed by atoms with Crippen molar-refractivity contribution in [3.05, 3.63) is 76.5 Å². The molecule has 150 valence electrons. The molecule has 0 amide bonds. The summed E-state index contributed by atoms with van der Waals surface area (Å²) in [5.74, 6) is -1.41. The topological polar surface area (TPSA) is 137 Å². The zero-order chi connectivity index (χ0) is 21.4. The fourth-order valence-corrected chi connectivity index (χ4v) is 2.95. The van der Waals surface area contributed by atoms with Gasteiger partial charge in [-0.3, -0.25) is 4.79 Å². The molecule has 0 spiro atoms. The Kier molecular flexibility index (Phi) is 4.51. The third kappa shape index (κ3) is 3.49. The Morgan fingerprint density at radius 1 is 0.867 bits per heavy atom. The van der Waals surface area contributed by atoms with E-state index in [1.54, 1.807) is 6.07 Å². The van der Waals surface area contributed by atoms with Crippen LogP contribution in [0.4, 0.5) is 0 Å². The molecule has 0 radical (unpaired) electrons. The number of rotatable bonds is 4. The molecule has 0 aliphatic rings. The summed E-state index contributed by atoms with van der Waals surface area (Å²) in [6, 6.07) is 13.4. The van der Waals surface area contributed by atoms with Crippen LogP contribution in [0.5, 0.6) is 28.7 Å². The minimum atomic E-state index is -1.06. The summed E-state index contributed by atoms with van der Waals surface area (Å²) in [5.41, 5.74) is -0.0522. The summed E-state index contributed by atoms with van der Waals surface area (Å²) in [6.07, 6.45) is 0. The number of ether oxygens (including phenoxy) is 1. The fourth-order valence-electron chi connectivity index (χ4n) is 2.95. The Balaban J connectivity index is 1.68. The standard InChI is InChI=1S/C22H14O8/c23-13-8-16(25)21-17(26)10-19(30-20(21)9-13)12-3-6-18(15(24)7-12)29-14-4-1-11(2-5-14)22(27)28/h1-10,23-25H,(H,27,28). The molecule has 0 fully saturated rings. The minimum Gasteiger partial charge on any atom is -0.508 e. The maximum absolute atomic E-state index is 12.3. The lowest BCUT2D eigenvalue weighted by atomic mass is 10.1. The summed E-state index contributed by atoms with van der Waals surface area (Å²) in [5, 5.41) is 38.6. The molecule has 0 atom stereocenters. The molecular weight excluding hydrogens is 392 g/mol. The van der Waals surface area contributed by atoms with Crippen LogP contribution in [0.3, 0.4) is 0 Å². The Morgan fingerprint density at radius 2 is 1.60 bits per heavy atom. The quantitative estimate of drug-likeness (QED) is 0.398. The van der Waals surface area contributed by atoms with Crippen LogP contribution in [-0.4, -0.2) is 26.4 Å². The molecule has 0 bridgehead atoms. The molecular formula is C22H14O8. The highest BCUT2D eigenvalue weighted by molar-refractivity contribution is 5.87. The summed E-state index contributed by atoms with van der Waals surface area (Å²) < 4.78 is 11.2. The van der Waals surface area contributed by atoms with Gasteiger partial charge >= 0.3 is 5.97 Å². The van der Waals surface area contributed by atoms with E-state index in [0.29, 0.717) is 11.3 Å². The van der Waals surface area contributed by atoms with Gasteiger partial charge in [-0.1, -0.05) is 0 Å². The first-order valence-corrected chi connectivity index (χ1v) is 8.66. The van der Waals surface area contributed by atoms with Crippen LogP contribution in [0.25, 0.3) is 22.3 Å². The van der Waals surface area contributed by atoms with Crippen molar-refractivity contribution >= 4 is 16.9 Å². The molecule has 30 heavy (non-hydrogen) atoms. The van der Waals surface area contributed by atoms with Gasteiger partial charge in [-0.2, -0.15) is 0 Å². The number of hydrogen-bond donors (Lipinski definition) is 4. The second kappa shape index (κ2) is 7.17. The number of benzene rings is 3. The monoisotopic (exact) mass is 406 g/mol. The van der Waals surface area contributed by atoms with Crippen molar-refractivity contribution in [2.75, 3.05) is 0 Å². The van der Waals surface area contributed by atoms with Gasteiger partial charge < -0.3 is 29.6 Å². The SMILES string of the molecule is O=C(O)c1ccc(Oc2ccc(-c3cc(=O)c4c(O)cc(O)cc4o3)cc2O)cc1. The zero-order valence-corrected chi connectivity index (χ0v) is 15.2. The van der Waals surface area contributed by atoms with Gasteiger partial charge in [-0.15, -0.1) is 0 Å². The third-order valence-electron chi connectivity index (χ3n) is 4.37. The van der Waals surface area contributed by atoms with Gasteiger partial charge in [0.05, 0.1) is 5.56 Å². The highest BCUT2D eigenvalue weighted by atomic mass is 16.5. The lowest BCUT2D eigenvalue weighted by Crippen LogP contribution is -2.00. The van der Waals surface area contributed by atoms with Gasteiger partial charge in [0.15, 0.2) is 16.9 Å². The van der Waals surface area contributed by atoms with E-state index in [0.717, 1.165) is 6.07 Å². The van der Waals surface area contributed by atoms with E-state index in [9.17, 15) is 24.9 Å². The van der Waals surface area contributed by atoms with Crippen LogP contribution >= 0.6 is 0 Å². The smallest absolute Gasteiger partial charge is 0.335 e. The van der Waals surface area contributed by atoms with Crippen LogP contribution in [0, 0.1) is 0 Å². The van der Waals surface area contributed by atoms with E-state index in [2.05, 4.69) is 0 Å². The lowest BCUT2D eigenvalue weighted by Gasteiger charge is -2.10. The molecule has 4 rings (SSSR count). The van der Waals surface area contributed by atoms with E-state index >= 15 is 0 Å². The maximum atomic E-state index is 12.3. The zero-order valence-electron chi connectivity index (χ0n) is 15.2. The molecule has 4 aromatic rings. The van der Waals surface area contributed by atoms with Crippen molar-refractivity contribution in [3.8, 4) is 40.1 Å². The first kappa shape index (κ1) is 18.9. The Hall–Kier alpha value is -4.46. The minimum absolute atomic E-state index is 0.00617. The Morgan fingerprint density at radius 3 is 2.27 bits per heavy atom. The molecule has 1 heterocycles. The molecule has 8 nitrogen and oxygen atoms in total. The average molecular weight is 406 g/mol. The average Bonchev–Trinajstić information content (AvgIpc) is 2.69. The molecule has 0 saturated heterocycles. The molecule has 0 aliphatic heterocycles. The second-order valence-electron chi connectivity index (χ2n) is 6.43. The highest BCUT2D eigenvalue weighted by Crippen LogP contribution is 2.36. The highest BCUT2D eigenvalue weighted by Gasteiger charge is 2.14. The van der Waals surface area contributed by atoms with Gasteiger partial charge in [-0.25, -0.2) is 4.79 Å². The number of fused-ring (bicyclic) bond motifs is 1. The lowest BCUT2D eigenvalue weighted by molar-refractivity contribution is 0.0697. The van der Waals surface area contributed by atoms with Crippen molar-refractivity contribution in [3.63, 3.8) is 0 Å². The van der Waals surface area contributed by atoms with Crippen molar-refractivity contribution in [1.82, 2.24) is 0 Å². The van der Waals surface area contributed by atoms with Crippen LogP contribution in [0.2, 0.25) is 0 Å². The number of phenols is 3. The predicted octanol–water partition coefficient (Wildman–Crippen LogP) is 4.07. The summed E-state index contributed by atoms with van der Waals surface area (Å²) in [4.78, 5) is 23.2. The summed E-state index contributed by atoms with van der Waals surface area (Å²) in [6.45, 7) is 0. The van der Waals surface area contributed by atoms with Gasteiger partial charge in [0.2, 0.25) is 0 Å². The maximum Gasteiger partial charge on any atom is 0.335 e. The first-order valence-electron chi connectivity index (χ1n) is 8.66. The van der Waals surface area contributed by atoms with Crippen LogP contribution < -0.4 is 10.2 Å². The molecule has 1 aromatic heterocycles. The summed E-state index contributed by atoms with van der Waals surface area (Å²) >= 11 is 0. The number of hydrogen-bond acceptors (Lipinski definition) is 7. The number of carboxylic acid groups (broad SMARTS) is 1. The number of phenolic OH excluding ortho intramolecular Hbond substituents is 3. The van der Waals surface area contributed by atoms with Gasteiger partial charge in [0, 0.05) is 23.8 Å². The van der Waals surface area contributed by atoms with Crippen molar-refractivity contribution < 1.29 is 34.4 Å². The van der Waals surface area contributed by atoms with E-state index < -0.39 is 17.1 Å². The molecule has 0 unspecified atom stereocenters. The van der Waals surface area contributed by atoms with Crippen molar-refractivity contribution in [2.45, 2.75) is 0 Å². The predicted molar refractivity (Wildman–Crippen MR) is 106 cm³/mol. The van der Waals surface area contributed by atoms with Crippen LogP contribution in [0.15, 0.2) is 69.9 Å². The molecule has 3 aromatic carbocycles. The molecule has 0 saturated carbocycles. The molecule has 8 heteroatoms. The number of carboxylic acids is 1. The normalized spacial score (nSPS) is 10.8. The number of aromatic hydroxyl groups is 3. The van der Waals surface area contributed by atoms with Crippen LogP contribution in [0.1, 0.15) is 10.4 Å². The Bertz CT molecular complexity index is 1340. The largest absolute Gasteiger partial charge is 0.508 e. The van der Waals surface area contributed by atoms with Gasteiger partial charge in [0.25, 0.3) is 0 Å². The van der Waals surface area contributed by atoms with E-state index in [1.165, 1.54) is 48.5 Å². The molecule has 0 aliphatic carbocycles. The van der Waals surface area contributed by atoms with E-state index in [1.807, 2.05) is 0 Å². The van der Waals surface area contributed by atoms with E-state index in [-0.39, 0.29) is 39.5 Å².